The Morgan fingerprint density at radius 2 is 2.16 bits per heavy atom. The summed E-state index contributed by atoms with van der Waals surface area (Å²) in [7, 11) is 0. The number of halogens is 1. The lowest BCUT2D eigenvalue weighted by molar-refractivity contribution is 0.551. The molecule has 0 saturated heterocycles. The molecule has 1 aromatic carbocycles. The van der Waals surface area contributed by atoms with Crippen molar-refractivity contribution in [3.8, 4) is 0 Å². The molecule has 2 aromatic rings. The Kier molecular flexibility index (Phi) is 4.66. The van der Waals surface area contributed by atoms with E-state index in [-0.39, 0.29) is 11.9 Å². The van der Waals surface area contributed by atoms with Gasteiger partial charge >= 0.3 is 0 Å². The lowest BCUT2D eigenvalue weighted by Gasteiger charge is -2.17. The fraction of sp³-hybridized carbons (Fsp3) is 0.400. The number of rotatable bonds is 5. The number of hydrogen-bond acceptors (Lipinski definition) is 3. The molecule has 1 N–H and O–H groups in total. The molecule has 0 amide bonds. The van der Waals surface area contributed by atoms with Crippen LogP contribution in [0.5, 0.6) is 0 Å². The predicted octanol–water partition coefficient (Wildman–Crippen LogP) is 3.79. The van der Waals surface area contributed by atoms with Crippen LogP contribution in [0.3, 0.4) is 0 Å². The zero-order valence-corrected chi connectivity index (χ0v) is 12.4. The van der Waals surface area contributed by atoms with Crippen LogP contribution in [0.4, 0.5) is 4.39 Å². The summed E-state index contributed by atoms with van der Waals surface area (Å²) in [6, 6.07) is 7.02. The van der Waals surface area contributed by atoms with Gasteiger partial charge in [0.25, 0.3) is 0 Å². The highest BCUT2D eigenvalue weighted by Gasteiger charge is 2.17. The monoisotopic (exact) mass is 278 g/mol. The van der Waals surface area contributed by atoms with Gasteiger partial charge in [0.2, 0.25) is 0 Å². The SMILES string of the molecule is CCNC(Cc1cccc(F)c1)c1sc(C)nc1C. The van der Waals surface area contributed by atoms with Gasteiger partial charge in [0.1, 0.15) is 5.82 Å². The van der Waals surface area contributed by atoms with E-state index >= 15 is 0 Å². The number of hydrogen-bond donors (Lipinski definition) is 1. The lowest BCUT2D eigenvalue weighted by atomic mass is 10.0. The molecule has 2 nitrogen and oxygen atoms in total. The molecule has 0 aliphatic rings. The second-order valence-corrected chi connectivity index (χ2v) is 5.86. The molecule has 0 radical (unpaired) electrons. The van der Waals surface area contributed by atoms with E-state index in [1.807, 2.05) is 19.9 Å². The van der Waals surface area contributed by atoms with Crippen LogP contribution in [0, 0.1) is 19.7 Å². The highest BCUT2D eigenvalue weighted by molar-refractivity contribution is 7.11. The molecule has 4 heteroatoms. The number of thiazole rings is 1. The highest BCUT2D eigenvalue weighted by Crippen LogP contribution is 2.27. The first kappa shape index (κ1) is 14.2. The van der Waals surface area contributed by atoms with Crippen molar-refractivity contribution >= 4 is 11.3 Å². The second-order valence-electron chi connectivity index (χ2n) is 4.63. The second kappa shape index (κ2) is 6.26. The van der Waals surface area contributed by atoms with Gasteiger partial charge in [-0.3, -0.25) is 0 Å². The van der Waals surface area contributed by atoms with E-state index in [4.69, 9.17) is 0 Å². The summed E-state index contributed by atoms with van der Waals surface area (Å²) in [4.78, 5) is 5.73. The molecule has 0 saturated carbocycles. The summed E-state index contributed by atoms with van der Waals surface area (Å²) >= 11 is 1.72. The van der Waals surface area contributed by atoms with E-state index in [1.165, 1.54) is 10.9 Å². The zero-order chi connectivity index (χ0) is 13.8. The first-order valence-corrected chi connectivity index (χ1v) is 7.33. The molecule has 0 aliphatic heterocycles. The smallest absolute Gasteiger partial charge is 0.123 e. The number of nitrogens with one attached hydrogen (secondary N) is 1. The minimum absolute atomic E-state index is 0.176. The predicted molar refractivity (Wildman–Crippen MR) is 78.1 cm³/mol. The molecule has 0 aliphatic carbocycles. The molecule has 1 atom stereocenters. The van der Waals surface area contributed by atoms with E-state index in [0.29, 0.717) is 0 Å². The third-order valence-electron chi connectivity index (χ3n) is 3.04. The molecule has 0 spiro atoms. The molecule has 1 heterocycles. The molecule has 1 unspecified atom stereocenters. The van der Waals surface area contributed by atoms with Crippen molar-refractivity contribution < 1.29 is 4.39 Å². The van der Waals surface area contributed by atoms with Crippen LogP contribution < -0.4 is 5.32 Å². The molecule has 102 valence electrons. The maximum atomic E-state index is 13.3. The largest absolute Gasteiger partial charge is 0.309 e. The van der Waals surface area contributed by atoms with Crippen molar-refractivity contribution in [2.24, 2.45) is 0 Å². The molecule has 1 aromatic heterocycles. The van der Waals surface area contributed by atoms with Gasteiger partial charge in [-0.1, -0.05) is 19.1 Å². The van der Waals surface area contributed by atoms with E-state index in [9.17, 15) is 4.39 Å². The van der Waals surface area contributed by atoms with Crippen LogP contribution in [0.25, 0.3) is 0 Å². The first-order chi connectivity index (χ1) is 9.10. The van der Waals surface area contributed by atoms with Gasteiger partial charge in [-0.2, -0.15) is 0 Å². The lowest BCUT2D eigenvalue weighted by Crippen LogP contribution is -2.22. The summed E-state index contributed by atoms with van der Waals surface area (Å²) < 4.78 is 13.3. The maximum Gasteiger partial charge on any atom is 0.123 e. The van der Waals surface area contributed by atoms with Gasteiger partial charge in [0, 0.05) is 10.9 Å². The minimum Gasteiger partial charge on any atom is -0.309 e. The summed E-state index contributed by atoms with van der Waals surface area (Å²) in [5, 5.41) is 4.55. The van der Waals surface area contributed by atoms with Crippen LogP contribution in [-0.4, -0.2) is 11.5 Å². The van der Waals surface area contributed by atoms with Crippen LogP contribution in [0.15, 0.2) is 24.3 Å². The molecule has 2 rings (SSSR count). The van der Waals surface area contributed by atoms with E-state index < -0.39 is 0 Å². The van der Waals surface area contributed by atoms with Crippen LogP contribution in [0.2, 0.25) is 0 Å². The van der Waals surface area contributed by atoms with Gasteiger partial charge < -0.3 is 5.32 Å². The van der Waals surface area contributed by atoms with Crippen molar-refractivity contribution in [2.45, 2.75) is 33.2 Å². The summed E-state index contributed by atoms with van der Waals surface area (Å²) in [5.74, 6) is -0.176. The fourth-order valence-electron chi connectivity index (χ4n) is 2.27. The van der Waals surface area contributed by atoms with Crippen molar-refractivity contribution in [1.29, 1.82) is 0 Å². The van der Waals surface area contributed by atoms with Gasteiger partial charge in [-0.05, 0) is 44.5 Å². The summed E-state index contributed by atoms with van der Waals surface area (Å²) in [6.07, 6.45) is 0.786. The fourth-order valence-corrected chi connectivity index (χ4v) is 3.28. The average molecular weight is 278 g/mol. The van der Waals surface area contributed by atoms with E-state index in [2.05, 4.69) is 17.2 Å². The topological polar surface area (TPSA) is 24.9 Å². The summed E-state index contributed by atoms with van der Waals surface area (Å²) in [5.41, 5.74) is 2.08. The van der Waals surface area contributed by atoms with Crippen molar-refractivity contribution in [3.05, 3.63) is 51.2 Å². The quantitative estimate of drug-likeness (QED) is 0.900. The summed E-state index contributed by atoms with van der Waals surface area (Å²) in [6.45, 7) is 7.03. The Hall–Kier alpha value is -1.26. The number of likely N-dealkylation sites (N-methyl/N-ethyl adjacent to an activating group) is 1. The van der Waals surface area contributed by atoms with E-state index in [1.54, 1.807) is 23.5 Å². The molecule has 0 bridgehead atoms. The number of aryl methyl sites for hydroxylation is 2. The van der Waals surface area contributed by atoms with Crippen LogP contribution in [0.1, 0.15) is 34.1 Å². The Morgan fingerprint density at radius 1 is 1.37 bits per heavy atom. The zero-order valence-electron chi connectivity index (χ0n) is 11.5. The minimum atomic E-state index is -0.176. The van der Waals surface area contributed by atoms with Crippen molar-refractivity contribution in [3.63, 3.8) is 0 Å². The Labute approximate surface area is 117 Å². The molecular formula is C15H19FN2S. The van der Waals surface area contributed by atoms with Gasteiger partial charge in [0.15, 0.2) is 0 Å². The number of benzene rings is 1. The van der Waals surface area contributed by atoms with Gasteiger partial charge in [0.05, 0.1) is 10.7 Å². The number of aromatic nitrogens is 1. The van der Waals surface area contributed by atoms with Crippen molar-refractivity contribution in [1.82, 2.24) is 10.3 Å². The maximum absolute atomic E-state index is 13.3. The Balaban J connectivity index is 2.23. The third kappa shape index (κ3) is 3.61. The van der Waals surface area contributed by atoms with Crippen LogP contribution in [-0.2, 0) is 6.42 Å². The normalized spacial score (nSPS) is 12.6. The van der Waals surface area contributed by atoms with Crippen LogP contribution >= 0.6 is 11.3 Å². The molecule has 19 heavy (non-hydrogen) atoms. The Morgan fingerprint density at radius 3 is 2.74 bits per heavy atom. The standard InChI is InChI=1S/C15H19FN2S/c1-4-17-14(15-10(2)18-11(3)19-15)9-12-6-5-7-13(16)8-12/h5-8,14,17H,4,9H2,1-3H3. The highest BCUT2D eigenvalue weighted by atomic mass is 32.1. The average Bonchev–Trinajstić information content (AvgIpc) is 2.68. The van der Waals surface area contributed by atoms with Gasteiger partial charge in [-0.25, -0.2) is 9.37 Å². The molecular weight excluding hydrogens is 259 g/mol. The van der Waals surface area contributed by atoms with Gasteiger partial charge in [-0.15, -0.1) is 11.3 Å². The van der Waals surface area contributed by atoms with Crippen molar-refractivity contribution in [2.75, 3.05) is 6.54 Å². The third-order valence-corrected chi connectivity index (χ3v) is 4.22. The first-order valence-electron chi connectivity index (χ1n) is 6.52. The molecule has 0 fully saturated rings. The van der Waals surface area contributed by atoms with E-state index in [0.717, 1.165) is 29.2 Å². The number of nitrogens with zero attached hydrogens (tertiary/aromatic N) is 1. The Bertz CT molecular complexity index is 551.